The third-order valence-electron chi connectivity index (χ3n) is 0.777. The van der Waals surface area contributed by atoms with Gasteiger partial charge in [0.2, 0.25) is 0 Å². The minimum absolute atomic E-state index is 0.0125. The van der Waals surface area contributed by atoms with Crippen molar-refractivity contribution in [3.63, 3.8) is 0 Å². The van der Waals surface area contributed by atoms with Gasteiger partial charge in [0.05, 0.1) is 15.3 Å². The predicted octanol–water partition coefficient (Wildman–Crippen LogP) is -0.727. The van der Waals surface area contributed by atoms with Crippen LogP contribution in [0.2, 0.25) is 0 Å². The Bertz CT molecular complexity index is 262. The largest absolute Gasteiger partial charge is 0.363 e. The van der Waals surface area contributed by atoms with E-state index < -0.39 is 11.0 Å². The molecule has 0 saturated heterocycles. The summed E-state index contributed by atoms with van der Waals surface area (Å²) in [5.74, 6) is -0.852. The second-order valence-electron chi connectivity index (χ2n) is 1.71. The van der Waals surface area contributed by atoms with Crippen molar-refractivity contribution < 1.29 is 5.03 Å². The molecule has 0 aromatic heterocycles. The molecule has 0 bridgehead atoms. The van der Waals surface area contributed by atoms with Crippen molar-refractivity contribution in [3.8, 4) is 6.07 Å². The summed E-state index contributed by atoms with van der Waals surface area (Å²) in [5, 5.41) is 27.1. The molecule has 0 aliphatic carbocycles. The first-order valence-electron chi connectivity index (χ1n) is 2.72. The number of nitrogens with one attached hydrogen (secondary N) is 1. The maximum Gasteiger partial charge on any atom is 0.280 e. The molecule has 0 aromatic rings. The minimum Gasteiger partial charge on any atom is -0.363 e. The van der Waals surface area contributed by atoms with Crippen LogP contribution in [0.25, 0.3) is 0 Å². The summed E-state index contributed by atoms with van der Waals surface area (Å²) in [5.41, 5.74) is 4.64. The Kier molecular flexibility index (Phi) is 3.17. The van der Waals surface area contributed by atoms with Gasteiger partial charge in [-0.3, -0.25) is 5.41 Å². The van der Waals surface area contributed by atoms with Crippen LogP contribution in [0.15, 0.2) is 5.10 Å². The lowest BCUT2D eigenvalue weighted by Crippen LogP contribution is -2.37. The third-order valence-corrected chi connectivity index (χ3v) is 0.777. The van der Waals surface area contributed by atoms with Crippen LogP contribution in [-0.2, 0) is 0 Å². The monoisotopic (exact) mass is 170 g/mol. The smallest absolute Gasteiger partial charge is 0.280 e. The van der Waals surface area contributed by atoms with Crippen molar-refractivity contribution in [2.75, 3.05) is 0 Å². The van der Waals surface area contributed by atoms with E-state index in [-0.39, 0.29) is 10.8 Å². The van der Waals surface area contributed by atoms with Gasteiger partial charge in [-0.15, -0.1) is 0 Å². The molecule has 0 aromatic carbocycles. The highest BCUT2D eigenvalue weighted by molar-refractivity contribution is 5.96. The molecule has 0 amide bonds. The Balaban J connectivity index is 4.69. The SMILES string of the molecule is C/C(C#N)=N\N(C(=N)N)[N+](=O)[O-]. The number of nitriles is 1. The zero-order valence-electron chi connectivity index (χ0n) is 6.18. The van der Waals surface area contributed by atoms with Gasteiger partial charge < -0.3 is 15.8 Å². The molecular weight excluding hydrogens is 164 g/mol. The molecule has 0 aliphatic rings. The molecule has 0 heterocycles. The van der Waals surface area contributed by atoms with Gasteiger partial charge in [-0.25, -0.2) is 0 Å². The molecule has 0 fully saturated rings. The van der Waals surface area contributed by atoms with E-state index in [0.717, 1.165) is 0 Å². The Morgan fingerprint density at radius 3 is 2.67 bits per heavy atom. The van der Waals surface area contributed by atoms with Gasteiger partial charge in [-0.2, -0.15) is 5.26 Å². The quantitative estimate of drug-likeness (QED) is 0.244. The van der Waals surface area contributed by atoms with Crippen molar-refractivity contribution in [3.05, 3.63) is 10.1 Å². The number of hydrogen-bond acceptors (Lipinski definition) is 5. The van der Waals surface area contributed by atoms with Crippen LogP contribution >= 0.6 is 0 Å². The number of hydrogen-bond donors (Lipinski definition) is 2. The zero-order valence-corrected chi connectivity index (χ0v) is 6.18. The average molecular weight is 170 g/mol. The Morgan fingerprint density at radius 2 is 2.42 bits per heavy atom. The zero-order chi connectivity index (χ0) is 9.72. The van der Waals surface area contributed by atoms with Crippen LogP contribution in [0.5, 0.6) is 0 Å². The first-order chi connectivity index (χ1) is 5.49. The molecule has 0 aliphatic heterocycles. The summed E-state index contributed by atoms with van der Waals surface area (Å²) in [6.45, 7) is 1.26. The van der Waals surface area contributed by atoms with E-state index >= 15 is 0 Å². The van der Waals surface area contributed by atoms with Crippen LogP contribution in [-0.4, -0.2) is 21.8 Å². The average Bonchev–Trinajstić information content (AvgIpc) is 1.98. The molecule has 0 rings (SSSR count). The van der Waals surface area contributed by atoms with Crippen LogP contribution in [0, 0.1) is 26.9 Å². The third kappa shape index (κ3) is 2.61. The highest BCUT2D eigenvalue weighted by Gasteiger charge is 2.17. The van der Waals surface area contributed by atoms with Crippen molar-refractivity contribution >= 4 is 11.7 Å². The summed E-state index contributed by atoms with van der Waals surface area (Å²) in [7, 11) is 0. The second-order valence-corrected chi connectivity index (χ2v) is 1.71. The first kappa shape index (κ1) is 9.83. The van der Waals surface area contributed by atoms with E-state index in [1.54, 1.807) is 6.07 Å². The van der Waals surface area contributed by atoms with Crippen molar-refractivity contribution in [1.29, 1.82) is 10.7 Å². The van der Waals surface area contributed by atoms with Gasteiger partial charge in [0.1, 0.15) is 6.07 Å². The Hall–Kier alpha value is -2.17. The molecule has 0 unspecified atom stereocenters. The summed E-state index contributed by atoms with van der Waals surface area (Å²) in [4.78, 5) is 10.1. The second kappa shape index (κ2) is 3.87. The fourth-order valence-corrected chi connectivity index (χ4v) is 0.343. The van der Waals surface area contributed by atoms with Crippen molar-refractivity contribution in [2.45, 2.75) is 6.92 Å². The summed E-state index contributed by atoms with van der Waals surface area (Å²) in [6.07, 6.45) is 0. The molecule has 12 heavy (non-hydrogen) atoms. The lowest BCUT2D eigenvalue weighted by Gasteiger charge is -2.03. The van der Waals surface area contributed by atoms with Gasteiger partial charge in [-0.05, 0) is 0 Å². The molecular formula is C4H6N6O2. The Labute approximate surface area is 67.5 Å². The van der Waals surface area contributed by atoms with E-state index in [1.807, 2.05) is 0 Å². The normalized spacial score (nSPS) is 10.2. The molecule has 8 heteroatoms. The summed E-state index contributed by atoms with van der Waals surface area (Å²) >= 11 is 0. The fourth-order valence-electron chi connectivity index (χ4n) is 0.343. The molecule has 8 nitrogen and oxygen atoms in total. The van der Waals surface area contributed by atoms with Crippen LogP contribution < -0.4 is 5.73 Å². The molecule has 0 saturated carbocycles. The maximum atomic E-state index is 10.1. The number of hydrazone groups is 1. The van der Waals surface area contributed by atoms with E-state index in [0.29, 0.717) is 0 Å². The van der Waals surface area contributed by atoms with Gasteiger partial charge >= 0.3 is 0 Å². The number of nitrogens with two attached hydrogens (primary N) is 1. The van der Waals surface area contributed by atoms with Crippen LogP contribution in [0.1, 0.15) is 6.92 Å². The fraction of sp³-hybridized carbons (Fsp3) is 0.250. The molecule has 0 spiro atoms. The first-order valence-corrected chi connectivity index (χ1v) is 2.72. The number of hydrazine groups is 1. The van der Waals surface area contributed by atoms with E-state index in [9.17, 15) is 10.1 Å². The topological polar surface area (TPSA) is 132 Å². The lowest BCUT2D eigenvalue weighted by molar-refractivity contribution is -0.631. The van der Waals surface area contributed by atoms with Crippen molar-refractivity contribution in [2.24, 2.45) is 10.8 Å². The van der Waals surface area contributed by atoms with Crippen LogP contribution in [0.4, 0.5) is 0 Å². The van der Waals surface area contributed by atoms with E-state index in [2.05, 4.69) is 5.10 Å². The van der Waals surface area contributed by atoms with Gasteiger partial charge in [0.15, 0.2) is 0 Å². The number of nitro groups is 1. The summed E-state index contributed by atoms with van der Waals surface area (Å²) < 4.78 is 0. The minimum atomic E-state index is -0.997. The number of nitrogens with zero attached hydrogens (tertiary/aromatic N) is 4. The lowest BCUT2D eigenvalue weighted by atomic mass is 10.5. The summed E-state index contributed by atoms with van der Waals surface area (Å²) in [6, 6.07) is 1.56. The molecule has 0 radical (unpaired) electrons. The molecule has 0 atom stereocenters. The van der Waals surface area contributed by atoms with E-state index in [1.165, 1.54) is 6.92 Å². The predicted molar refractivity (Wildman–Crippen MR) is 39.5 cm³/mol. The highest BCUT2D eigenvalue weighted by atomic mass is 16.7. The molecule has 3 N–H and O–H groups in total. The van der Waals surface area contributed by atoms with Gasteiger partial charge in [0.25, 0.3) is 11.7 Å². The molecule has 64 valence electrons. The highest BCUT2D eigenvalue weighted by Crippen LogP contribution is 1.89. The van der Waals surface area contributed by atoms with E-state index in [4.69, 9.17) is 16.4 Å². The Morgan fingerprint density at radius 1 is 1.92 bits per heavy atom. The number of rotatable bonds is 2. The maximum absolute atomic E-state index is 10.1. The van der Waals surface area contributed by atoms with Gasteiger partial charge in [-0.1, -0.05) is 0 Å². The van der Waals surface area contributed by atoms with Crippen LogP contribution in [0.3, 0.4) is 0 Å². The standard InChI is InChI=1S/C4H6N6O2/c1-3(2-5)8-9(4(6)7)10(11)12/h1H3,(H3,6,7)/b8-3+. The van der Waals surface area contributed by atoms with Crippen molar-refractivity contribution in [1.82, 2.24) is 5.12 Å². The van der Waals surface area contributed by atoms with Gasteiger partial charge in [0, 0.05) is 6.92 Å². The number of guanidine groups is 1.